The van der Waals surface area contributed by atoms with Crippen LogP contribution >= 0.6 is 7.75 Å². The molecule has 0 amide bonds. The summed E-state index contributed by atoms with van der Waals surface area (Å²) in [5.41, 5.74) is -5.77. The molecule has 1 aliphatic carbocycles. The number of nitrogens with one attached hydrogen (secondary N) is 2. The number of para-hydroxylation sites is 1. The Morgan fingerprint density at radius 1 is 1.31 bits per heavy atom. The van der Waals surface area contributed by atoms with E-state index in [0.29, 0.717) is 12.8 Å². The second-order valence-corrected chi connectivity index (χ2v) is 11.4. The third kappa shape index (κ3) is 5.72. The maximum Gasteiger partial charge on any atom is 0.459 e. The SMILES string of the molecule is C#C[C@@]1(O)[C@H](O)[C@@H](COP(=O)(N[C@](C)(C(=O)O)C2CCCC2)Oc2ccccc2)O[C@H]1n1ccc(=O)[nH]c1=O. The quantitative estimate of drug-likeness (QED) is 0.205. The maximum atomic E-state index is 14.0. The van der Waals surface area contributed by atoms with Gasteiger partial charge >= 0.3 is 19.4 Å². The Morgan fingerprint density at radius 3 is 2.56 bits per heavy atom. The summed E-state index contributed by atoms with van der Waals surface area (Å²) in [6, 6.07) is 8.95. The average molecular weight is 564 g/mol. The summed E-state index contributed by atoms with van der Waals surface area (Å²) in [6.45, 7) is 0.726. The number of terminal acetylenes is 1. The Bertz CT molecular complexity index is 1400. The molecule has 2 fully saturated rings. The van der Waals surface area contributed by atoms with Gasteiger partial charge in [-0.1, -0.05) is 37.0 Å². The lowest BCUT2D eigenvalue weighted by atomic mass is 9.85. The number of hydrogen-bond donors (Lipinski definition) is 5. The first-order chi connectivity index (χ1) is 18.4. The van der Waals surface area contributed by atoms with Crippen LogP contribution in [0.15, 0.2) is 52.2 Å². The highest BCUT2D eigenvalue weighted by Crippen LogP contribution is 2.50. The zero-order chi connectivity index (χ0) is 28.4. The first-order valence-electron chi connectivity index (χ1n) is 12.3. The van der Waals surface area contributed by atoms with Gasteiger partial charge in [0.15, 0.2) is 11.8 Å². The Kier molecular flexibility index (Phi) is 8.18. The number of carbonyl (C=O) groups is 1. The predicted octanol–water partition coefficient (Wildman–Crippen LogP) is 0.986. The van der Waals surface area contributed by atoms with Crippen molar-refractivity contribution in [1.82, 2.24) is 14.6 Å². The average Bonchev–Trinajstić information content (AvgIpc) is 3.52. The minimum absolute atomic E-state index is 0.123. The fourth-order valence-electron chi connectivity index (χ4n) is 4.92. The van der Waals surface area contributed by atoms with Crippen molar-refractivity contribution in [2.24, 2.45) is 5.92 Å². The Morgan fingerprint density at radius 2 is 1.97 bits per heavy atom. The summed E-state index contributed by atoms with van der Waals surface area (Å²) in [4.78, 5) is 38.1. The van der Waals surface area contributed by atoms with E-state index < -0.39 is 61.1 Å². The van der Waals surface area contributed by atoms with Gasteiger partial charge in [0.05, 0.1) is 6.61 Å². The smallest absolute Gasteiger partial charge is 0.459 e. The number of nitrogens with zero attached hydrogens (tertiary/aromatic N) is 1. The van der Waals surface area contributed by atoms with E-state index in [-0.39, 0.29) is 11.7 Å². The van der Waals surface area contributed by atoms with Gasteiger partial charge in [-0.2, -0.15) is 5.09 Å². The third-order valence-corrected chi connectivity index (χ3v) is 8.86. The van der Waals surface area contributed by atoms with Crippen molar-refractivity contribution in [3.63, 3.8) is 0 Å². The van der Waals surface area contributed by atoms with Crippen LogP contribution in [-0.2, 0) is 18.6 Å². The summed E-state index contributed by atoms with van der Waals surface area (Å²) in [5.74, 6) is 0.538. The lowest BCUT2D eigenvalue weighted by Gasteiger charge is -2.35. The van der Waals surface area contributed by atoms with E-state index in [1.165, 1.54) is 19.1 Å². The zero-order valence-corrected chi connectivity index (χ0v) is 22.0. The molecule has 39 heavy (non-hydrogen) atoms. The van der Waals surface area contributed by atoms with Crippen molar-refractivity contribution in [1.29, 1.82) is 0 Å². The second kappa shape index (κ2) is 11.1. The fraction of sp³-hybridized carbons (Fsp3) is 0.480. The molecule has 1 aromatic heterocycles. The van der Waals surface area contributed by atoms with Gasteiger partial charge in [0, 0.05) is 12.3 Å². The molecule has 2 heterocycles. The van der Waals surface area contributed by atoms with Gasteiger partial charge in [-0.3, -0.25) is 23.7 Å². The van der Waals surface area contributed by atoms with E-state index in [4.69, 9.17) is 20.2 Å². The van der Waals surface area contributed by atoms with E-state index in [0.717, 1.165) is 29.7 Å². The number of carboxylic acids is 1. The van der Waals surface area contributed by atoms with E-state index in [2.05, 4.69) is 5.09 Å². The van der Waals surface area contributed by atoms with Gasteiger partial charge in [0.1, 0.15) is 23.5 Å². The van der Waals surface area contributed by atoms with E-state index in [1.807, 2.05) is 10.9 Å². The summed E-state index contributed by atoms with van der Waals surface area (Å²) in [5, 5.41) is 34.5. The summed E-state index contributed by atoms with van der Waals surface area (Å²) >= 11 is 0. The summed E-state index contributed by atoms with van der Waals surface area (Å²) in [6.07, 6.45) is 4.42. The molecule has 5 N–H and O–H groups in total. The number of rotatable bonds is 10. The van der Waals surface area contributed by atoms with Crippen LogP contribution in [0.3, 0.4) is 0 Å². The zero-order valence-electron chi connectivity index (χ0n) is 21.1. The van der Waals surface area contributed by atoms with Crippen molar-refractivity contribution in [3.05, 3.63) is 63.4 Å². The molecular weight excluding hydrogens is 533 g/mol. The number of carboxylic acid groups (broad SMARTS) is 1. The number of aliphatic hydroxyl groups is 2. The van der Waals surface area contributed by atoms with Crippen LogP contribution in [0.4, 0.5) is 0 Å². The Balaban J connectivity index is 1.62. The highest BCUT2D eigenvalue weighted by atomic mass is 31.2. The van der Waals surface area contributed by atoms with Crippen LogP contribution in [0.5, 0.6) is 5.75 Å². The Hall–Kier alpha value is -3.24. The van der Waals surface area contributed by atoms with Crippen LogP contribution in [0.25, 0.3) is 0 Å². The normalized spacial score (nSPS) is 28.3. The predicted molar refractivity (Wildman–Crippen MR) is 137 cm³/mol. The molecular formula is C25H30N3O10P. The van der Waals surface area contributed by atoms with E-state index in [9.17, 15) is 34.3 Å². The van der Waals surface area contributed by atoms with Crippen molar-refractivity contribution in [2.75, 3.05) is 6.61 Å². The molecule has 2 aliphatic rings. The van der Waals surface area contributed by atoms with Crippen LogP contribution in [0, 0.1) is 18.3 Å². The van der Waals surface area contributed by atoms with Gasteiger partial charge in [-0.25, -0.2) is 9.36 Å². The number of aliphatic hydroxyl groups excluding tert-OH is 1. The van der Waals surface area contributed by atoms with Gasteiger partial charge in [0.2, 0.25) is 0 Å². The van der Waals surface area contributed by atoms with Crippen LogP contribution in [-0.4, -0.2) is 60.8 Å². The minimum Gasteiger partial charge on any atom is -0.480 e. The third-order valence-electron chi connectivity index (χ3n) is 7.18. The van der Waals surface area contributed by atoms with Gasteiger partial charge in [0.25, 0.3) is 5.56 Å². The van der Waals surface area contributed by atoms with Gasteiger partial charge in [-0.15, -0.1) is 6.42 Å². The van der Waals surface area contributed by atoms with Crippen molar-refractivity contribution < 1.29 is 38.5 Å². The summed E-state index contributed by atoms with van der Waals surface area (Å²) in [7, 11) is -4.48. The van der Waals surface area contributed by atoms with Crippen LogP contribution in [0.1, 0.15) is 38.8 Å². The number of aromatic nitrogens is 2. The minimum atomic E-state index is -4.48. The van der Waals surface area contributed by atoms with Crippen molar-refractivity contribution >= 4 is 13.7 Å². The highest BCUT2D eigenvalue weighted by molar-refractivity contribution is 7.52. The molecule has 4 rings (SSSR count). The fourth-order valence-corrected chi connectivity index (χ4v) is 6.68. The molecule has 1 aliphatic heterocycles. The molecule has 6 atom stereocenters. The molecule has 210 valence electrons. The number of H-pyrrole nitrogens is 1. The topological polar surface area (TPSA) is 189 Å². The van der Waals surface area contributed by atoms with E-state index >= 15 is 0 Å². The standard InChI is InChI=1S/C25H30N3O10P/c1-3-25(34)20(30)18(37-21(25)28-14-13-19(29)26-23(28)33)15-36-39(35,38-17-11-5-4-6-12-17)27-24(2,22(31)32)16-9-7-8-10-16/h1,4-6,11-14,16,18,20-21,30,34H,7-10,15H2,2H3,(H,27,35)(H,31,32)(H,26,29,33)/t18-,20-,21-,24+,25-,39?/m1/s1. The maximum absolute atomic E-state index is 14.0. The number of benzene rings is 1. The molecule has 0 bridgehead atoms. The monoisotopic (exact) mass is 563 g/mol. The Labute approximate surface area is 223 Å². The first-order valence-corrected chi connectivity index (χ1v) is 13.8. The van der Waals surface area contributed by atoms with E-state index in [1.54, 1.807) is 18.2 Å². The molecule has 1 saturated carbocycles. The molecule has 2 aromatic rings. The number of hydrogen-bond acceptors (Lipinski definition) is 9. The lowest BCUT2D eigenvalue weighted by Crippen LogP contribution is -2.54. The first kappa shape index (κ1) is 28.8. The number of ether oxygens (including phenoxy) is 1. The van der Waals surface area contributed by atoms with Gasteiger partial charge in [-0.05, 0) is 37.8 Å². The van der Waals surface area contributed by atoms with Crippen molar-refractivity contribution in [3.8, 4) is 18.1 Å². The molecule has 14 heteroatoms. The summed E-state index contributed by atoms with van der Waals surface area (Å²) < 4.78 is 31.8. The number of aliphatic carboxylic acids is 1. The molecule has 13 nitrogen and oxygen atoms in total. The molecule has 1 aromatic carbocycles. The molecule has 0 radical (unpaired) electrons. The molecule has 1 saturated heterocycles. The highest BCUT2D eigenvalue weighted by Gasteiger charge is 2.57. The van der Waals surface area contributed by atoms with Crippen LogP contribution < -0.4 is 20.9 Å². The number of aromatic amines is 1. The largest absolute Gasteiger partial charge is 0.480 e. The molecule has 1 unspecified atom stereocenters. The van der Waals surface area contributed by atoms with Crippen molar-refractivity contribution in [2.45, 2.75) is 62.2 Å². The van der Waals surface area contributed by atoms with Crippen LogP contribution in [0.2, 0.25) is 0 Å². The second-order valence-electron chi connectivity index (χ2n) is 9.76. The van der Waals surface area contributed by atoms with Gasteiger partial charge < -0.3 is 24.6 Å². The molecule has 0 spiro atoms. The lowest BCUT2D eigenvalue weighted by molar-refractivity contribution is -0.145.